The third-order valence-electron chi connectivity index (χ3n) is 3.60. The number of rotatable bonds is 5. The first-order valence-electron chi connectivity index (χ1n) is 7.96. The summed E-state index contributed by atoms with van der Waals surface area (Å²) in [7, 11) is 0. The summed E-state index contributed by atoms with van der Waals surface area (Å²) in [5.74, 6) is 1.34. The molecule has 1 aromatic heterocycles. The molecule has 0 bridgehead atoms. The van der Waals surface area contributed by atoms with Gasteiger partial charge in [-0.25, -0.2) is 0 Å². The topological polar surface area (TPSA) is 91.2 Å². The minimum Gasteiger partial charge on any atom is -0.486 e. The molecule has 0 saturated carbocycles. The van der Waals surface area contributed by atoms with Gasteiger partial charge in [-0.3, -0.25) is 4.79 Å². The summed E-state index contributed by atoms with van der Waals surface area (Å²) < 4.78 is 12.6. The molecule has 132 valence electrons. The van der Waals surface area contributed by atoms with Crippen LogP contribution in [0.1, 0.15) is 0 Å². The van der Waals surface area contributed by atoms with Gasteiger partial charge in [0.15, 0.2) is 11.5 Å². The van der Waals surface area contributed by atoms with Crippen LogP contribution >= 0.6 is 11.8 Å². The predicted octanol–water partition coefficient (Wildman–Crippen LogP) is 2.16. The van der Waals surface area contributed by atoms with E-state index in [-0.39, 0.29) is 11.7 Å². The van der Waals surface area contributed by atoms with Crippen LogP contribution in [0.4, 0.5) is 5.69 Å². The third-order valence-corrected chi connectivity index (χ3v) is 4.52. The Morgan fingerprint density at radius 1 is 1.12 bits per heavy atom. The Morgan fingerprint density at radius 2 is 1.92 bits per heavy atom. The van der Waals surface area contributed by atoms with Gasteiger partial charge in [0.05, 0.1) is 11.4 Å². The van der Waals surface area contributed by atoms with Crippen molar-refractivity contribution in [3.63, 3.8) is 0 Å². The lowest BCUT2D eigenvalue weighted by Gasteiger charge is -2.18. The summed E-state index contributed by atoms with van der Waals surface area (Å²) in [4.78, 5) is 12.2. The van der Waals surface area contributed by atoms with Crippen LogP contribution in [0.2, 0.25) is 0 Å². The van der Waals surface area contributed by atoms with Gasteiger partial charge in [0.1, 0.15) is 13.2 Å². The van der Waals surface area contributed by atoms with Crippen molar-refractivity contribution >= 4 is 23.4 Å². The highest BCUT2D eigenvalue weighted by molar-refractivity contribution is 7.99. The van der Waals surface area contributed by atoms with E-state index in [1.165, 1.54) is 11.8 Å². The summed E-state index contributed by atoms with van der Waals surface area (Å²) in [6.45, 7) is 1.04. The molecule has 2 heterocycles. The fraction of sp³-hybridized carbons (Fsp3) is 0.176. The molecule has 4 rings (SSSR count). The maximum Gasteiger partial charge on any atom is 0.234 e. The highest BCUT2D eigenvalue weighted by atomic mass is 32.2. The Kier molecular flexibility index (Phi) is 4.69. The number of nitrogens with zero attached hydrogens (tertiary/aromatic N) is 4. The first kappa shape index (κ1) is 16.4. The number of carbonyl (C=O) groups excluding carboxylic acids is 1. The van der Waals surface area contributed by atoms with E-state index in [9.17, 15) is 4.79 Å². The lowest BCUT2D eigenvalue weighted by Crippen LogP contribution is -2.17. The number of carbonyl (C=O) groups is 1. The average Bonchev–Trinajstić information content (AvgIpc) is 3.16. The fourth-order valence-electron chi connectivity index (χ4n) is 2.45. The lowest BCUT2D eigenvalue weighted by molar-refractivity contribution is -0.113. The molecule has 0 aliphatic carbocycles. The minimum absolute atomic E-state index is 0.158. The second-order valence-electron chi connectivity index (χ2n) is 5.40. The Bertz CT molecular complexity index is 916. The number of fused-ring (bicyclic) bond motifs is 1. The molecule has 0 spiro atoms. The van der Waals surface area contributed by atoms with E-state index in [4.69, 9.17) is 9.47 Å². The maximum atomic E-state index is 12.2. The van der Waals surface area contributed by atoms with Crippen LogP contribution in [-0.2, 0) is 4.79 Å². The molecule has 3 aromatic rings. The van der Waals surface area contributed by atoms with Crippen molar-refractivity contribution in [3.05, 3.63) is 48.5 Å². The van der Waals surface area contributed by atoms with Crippen LogP contribution < -0.4 is 14.8 Å². The molecule has 1 aliphatic heterocycles. The van der Waals surface area contributed by atoms with E-state index in [1.54, 1.807) is 22.9 Å². The van der Waals surface area contributed by atoms with Gasteiger partial charge < -0.3 is 14.8 Å². The zero-order chi connectivity index (χ0) is 17.8. The molecule has 0 fully saturated rings. The van der Waals surface area contributed by atoms with Crippen molar-refractivity contribution in [1.29, 1.82) is 0 Å². The van der Waals surface area contributed by atoms with Gasteiger partial charge in [0.25, 0.3) is 0 Å². The van der Waals surface area contributed by atoms with Crippen LogP contribution in [0, 0.1) is 0 Å². The SMILES string of the molecule is O=C(CSc1nnnn1-c1ccccc1)Nc1ccc2c(c1)OCCO2. The van der Waals surface area contributed by atoms with E-state index in [1.807, 2.05) is 30.3 Å². The molecule has 0 unspecified atom stereocenters. The van der Waals surface area contributed by atoms with E-state index in [2.05, 4.69) is 20.8 Å². The zero-order valence-electron chi connectivity index (χ0n) is 13.7. The quantitative estimate of drug-likeness (QED) is 0.689. The van der Waals surface area contributed by atoms with Gasteiger partial charge in [0, 0.05) is 11.8 Å². The number of amides is 1. The normalized spacial score (nSPS) is 12.6. The number of tetrazole rings is 1. The first-order valence-corrected chi connectivity index (χ1v) is 8.94. The molecular formula is C17H15N5O3S. The van der Waals surface area contributed by atoms with Crippen LogP contribution in [0.3, 0.4) is 0 Å². The van der Waals surface area contributed by atoms with Gasteiger partial charge in [0.2, 0.25) is 11.1 Å². The summed E-state index contributed by atoms with van der Waals surface area (Å²) in [5, 5.41) is 15.0. The van der Waals surface area contributed by atoms with Crippen LogP contribution in [-0.4, -0.2) is 45.1 Å². The van der Waals surface area contributed by atoms with Gasteiger partial charge >= 0.3 is 0 Å². The van der Waals surface area contributed by atoms with Crippen molar-refractivity contribution in [1.82, 2.24) is 20.2 Å². The highest BCUT2D eigenvalue weighted by Gasteiger charge is 2.14. The average molecular weight is 369 g/mol. The summed E-state index contributed by atoms with van der Waals surface area (Å²) in [6, 6.07) is 14.8. The number of benzene rings is 2. The number of ether oxygens (including phenoxy) is 2. The molecule has 9 heteroatoms. The molecule has 0 atom stereocenters. The fourth-order valence-corrected chi connectivity index (χ4v) is 3.14. The molecule has 2 aromatic carbocycles. The van der Waals surface area contributed by atoms with Crippen molar-refractivity contribution < 1.29 is 14.3 Å². The van der Waals surface area contributed by atoms with Gasteiger partial charge in [-0.15, -0.1) is 5.10 Å². The van der Waals surface area contributed by atoms with Gasteiger partial charge in [-0.2, -0.15) is 4.68 Å². The second-order valence-corrected chi connectivity index (χ2v) is 6.35. The van der Waals surface area contributed by atoms with E-state index >= 15 is 0 Å². The molecule has 1 N–H and O–H groups in total. The van der Waals surface area contributed by atoms with Crippen LogP contribution in [0.15, 0.2) is 53.7 Å². The lowest BCUT2D eigenvalue weighted by atomic mass is 10.2. The van der Waals surface area contributed by atoms with Crippen molar-refractivity contribution in [2.75, 3.05) is 24.3 Å². The molecule has 8 nitrogen and oxygen atoms in total. The molecule has 0 radical (unpaired) electrons. The Morgan fingerprint density at radius 3 is 2.77 bits per heavy atom. The predicted molar refractivity (Wildman–Crippen MR) is 95.9 cm³/mol. The Balaban J connectivity index is 1.39. The molecule has 1 amide bonds. The molecular weight excluding hydrogens is 354 g/mol. The van der Waals surface area contributed by atoms with Gasteiger partial charge in [-0.05, 0) is 34.7 Å². The number of thioether (sulfide) groups is 1. The van der Waals surface area contributed by atoms with E-state index in [0.717, 1.165) is 5.69 Å². The number of anilines is 1. The number of hydrogen-bond donors (Lipinski definition) is 1. The Labute approximate surface area is 153 Å². The largest absolute Gasteiger partial charge is 0.486 e. The summed E-state index contributed by atoms with van der Waals surface area (Å²) in [5.41, 5.74) is 1.50. The number of para-hydroxylation sites is 1. The molecule has 26 heavy (non-hydrogen) atoms. The number of hydrogen-bond acceptors (Lipinski definition) is 7. The van der Waals surface area contributed by atoms with Crippen molar-refractivity contribution in [2.24, 2.45) is 0 Å². The van der Waals surface area contributed by atoms with Crippen molar-refractivity contribution in [3.8, 4) is 17.2 Å². The third kappa shape index (κ3) is 3.62. The highest BCUT2D eigenvalue weighted by Crippen LogP contribution is 2.32. The standard InChI is InChI=1S/C17H15N5O3S/c23-16(18-12-6-7-14-15(10-12)25-9-8-24-14)11-26-17-19-20-21-22(17)13-4-2-1-3-5-13/h1-7,10H,8-9,11H2,(H,18,23). The number of aromatic nitrogens is 4. The van der Waals surface area contributed by atoms with E-state index < -0.39 is 0 Å². The van der Waals surface area contributed by atoms with Gasteiger partial charge in [-0.1, -0.05) is 30.0 Å². The first-order chi connectivity index (χ1) is 12.8. The van der Waals surface area contributed by atoms with Crippen LogP contribution in [0.5, 0.6) is 11.5 Å². The maximum absolute atomic E-state index is 12.2. The monoisotopic (exact) mass is 369 g/mol. The van der Waals surface area contributed by atoms with Crippen LogP contribution in [0.25, 0.3) is 5.69 Å². The van der Waals surface area contributed by atoms with Crippen molar-refractivity contribution in [2.45, 2.75) is 5.16 Å². The smallest absolute Gasteiger partial charge is 0.234 e. The minimum atomic E-state index is -0.158. The Hall–Kier alpha value is -3.07. The molecule has 1 aliphatic rings. The zero-order valence-corrected chi connectivity index (χ0v) is 14.5. The summed E-state index contributed by atoms with van der Waals surface area (Å²) >= 11 is 1.26. The molecule has 0 saturated heterocycles. The van der Waals surface area contributed by atoms with E-state index in [0.29, 0.717) is 35.6 Å². The second kappa shape index (κ2) is 7.44. The number of nitrogens with one attached hydrogen (secondary N) is 1. The summed E-state index contributed by atoms with van der Waals surface area (Å²) in [6.07, 6.45) is 0.